The van der Waals surface area contributed by atoms with E-state index in [0.29, 0.717) is 17.5 Å². The van der Waals surface area contributed by atoms with Crippen LogP contribution in [-0.4, -0.2) is 19.2 Å². The molecule has 1 aromatic carbocycles. The summed E-state index contributed by atoms with van der Waals surface area (Å²) in [5.74, 6) is 0.678. The summed E-state index contributed by atoms with van der Waals surface area (Å²) in [7, 11) is 1.59. The topological polar surface area (TPSA) is 50.4 Å². The zero-order chi connectivity index (χ0) is 13.1. The van der Waals surface area contributed by atoms with E-state index in [1.807, 2.05) is 6.07 Å². The molecule has 4 nitrogen and oxygen atoms in total. The molecule has 2 N–H and O–H groups in total. The smallest absolute Gasteiger partial charge is 0.319 e. The summed E-state index contributed by atoms with van der Waals surface area (Å²) in [6, 6.07) is 3.76. The first kappa shape index (κ1) is 13.7. The van der Waals surface area contributed by atoms with Gasteiger partial charge in [0, 0.05) is 16.6 Å². The maximum absolute atomic E-state index is 11.8. The molecule has 98 valence electrons. The molecule has 0 aromatic heterocycles. The molecule has 0 radical (unpaired) electrons. The molecule has 0 aliphatic heterocycles. The Hall–Kier alpha value is -0.750. The monoisotopic (exact) mass is 376 g/mol. The minimum absolute atomic E-state index is 0.176. The highest BCUT2D eigenvalue weighted by molar-refractivity contribution is 9.11. The molecule has 0 unspecified atom stereocenters. The fraction of sp³-hybridized carbons (Fsp3) is 0.417. The van der Waals surface area contributed by atoms with Crippen molar-refractivity contribution in [3.05, 3.63) is 21.1 Å². The SMILES string of the molecule is COc1cc(NC(=O)NC2CCC2)c(Br)cc1Br. The number of hydrogen-bond donors (Lipinski definition) is 2. The van der Waals surface area contributed by atoms with Crippen LogP contribution in [0.2, 0.25) is 0 Å². The van der Waals surface area contributed by atoms with E-state index in [2.05, 4.69) is 42.5 Å². The second-order valence-electron chi connectivity index (χ2n) is 4.19. The van der Waals surface area contributed by atoms with Crippen molar-refractivity contribution in [2.45, 2.75) is 25.3 Å². The van der Waals surface area contributed by atoms with Gasteiger partial charge in [0.2, 0.25) is 0 Å². The summed E-state index contributed by atoms with van der Waals surface area (Å²) in [5.41, 5.74) is 0.687. The van der Waals surface area contributed by atoms with Crippen molar-refractivity contribution in [3.63, 3.8) is 0 Å². The second kappa shape index (κ2) is 5.93. The number of hydrogen-bond acceptors (Lipinski definition) is 2. The standard InChI is InChI=1S/C12H14Br2N2O2/c1-18-11-6-10(8(13)5-9(11)14)16-12(17)15-7-3-2-4-7/h5-7H,2-4H2,1H3,(H2,15,16,17). The minimum Gasteiger partial charge on any atom is -0.495 e. The van der Waals surface area contributed by atoms with Gasteiger partial charge < -0.3 is 15.4 Å². The lowest BCUT2D eigenvalue weighted by atomic mass is 9.93. The molecule has 1 aromatic rings. The number of carbonyl (C=O) groups is 1. The van der Waals surface area contributed by atoms with E-state index in [1.165, 1.54) is 6.42 Å². The molecule has 2 amide bonds. The molecular weight excluding hydrogens is 364 g/mol. The van der Waals surface area contributed by atoms with Gasteiger partial charge in [0.25, 0.3) is 0 Å². The van der Waals surface area contributed by atoms with Gasteiger partial charge in [-0.2, -0.15) is 0 Å². The molecule has 1 fully saturated rings. The number of ether oxygens (including phenoxy) is 1. The first-order valence-electron chi connectivity index (χ1n) is 5.70. The van der Waals surface area contributed by atoms with Gasteiger partial charge in [-0.25, -0.2) is 4.79 Å². The molecule has 0 heterocycles. The van der Waals surface area contributed by atoms with Gasteiger partial charge in [0.1, 0.15) is 5.75 Å². The number of amides is 2. The van der Waals surface area contributed by atoms with Gasteiger partial charge >= 0.3 is 6.03 Å². The quantitative estimate of drug-likeness (QED) is 0.839. The zero-order valence-electron chi connectivity index (χ0n) is 9.93. The summed E-state index contributed by atoms with van der Waals surface area (Å²) in [4.78, 5) is 11.8. The first-order valence-corrected chi connectivity index (χ1v) is 7.29. The highest BCUT2D eigenvalue weighted by atomic mass is 79.9. The molecule has 0 saturated heterocycles. The molecule has 1 saturated carbocycles. The molecule has 1 aliphatic carbocycles. The van der Waals surface area contributed by atoms with Gasteiger partial charge in [-0.05, 0) is 57.2 Å². The molecule has 0 atom stereocenters. The van der Waals surface area contributed by atoms with Crippen LogP contribution in [0.5, 0.6) is 5.75 Å². The van der Waals surface area contributed by atoms with Gasteiger partial charge in [-0.3, -0.25) is 0 Å². The Kier molecular flexibility index (Phi) is 4.50. The third-order valence-corrected chi connectivity index (χ3v) is 4.21. The molecular formula is C12H14Br2N2O2. The van der Waals surface area contributed by atoms with Crippen molar-refractivity contribution in [1.29, 1.82) is 0 Å². The lowest BCUT2D eigenvalue weighted by Crippen LogP contribution is -2.41. The number of carbonyl (C=O) groups excluding carboxylic acids is 1. The Morgan fingerprint density at radius 2 is 2.06 bits per heavy atom. The second-order valence-corrected chi connectivity index (χ2v) is 5.90. The van der Waals surface area contributed by atoms with Gasteiger partial charge in [-0.15, -0.1) is 0 Å². The van der Waals surface area contributed by atoms with Crippen LogP contribution in [0.1, 0.15) is 19.3 Å². The van der Waals surface area contributed by atoms with Crippen LogP contribution in [0, 0.1) is 0 Å². The van der Waals surface area contributed by atoms with Crippen molar-refractivity contribution < 1.29 is 9.53 Å². The number of halogens is 2. The summed E-state index contributed by atoms with van der Waals surface area (Å²) in [5, 5.41) is 5.73. The van der Waals surface area contributed by atoms with Crippen molar-refractivity contribution >= 4 is 43.6 Å². The van der Waals surface area contributed by atoms with Crippen molar-refractivity contribution in [2.24, 2.45) is 0 Å². The Labute approximate surface area is 123 Å². The minimum atomic E-state index is -0.176. The molecule has 1 aliphatic rings. The fourth-order valence-electron chi connectivity index (χ4n) is 1.68. The van der Waals surface area contributed by atoms with E-state index in [0.717, 1.165) is 21.8 Å². The molecule has 0 spiro atoms. The number of anilines is 1. The predicted molar refractivity (Wildman–Crippen MR) is 78.2 cm³/mol. The Balaban J connectivity index is 2.05. The molecule has 2 rings (SSSR count). The third-order valence-electron chi connectivity index (χ3n) is 2.93. The van der Waals surface area contributed by atoms with Crippen molar-refractivity contribution in [3.8, 4) is 5.75 Å². The van der Waals surface area contributed by atoms with E-state index in [9.17, 15) is 4.79 Å². The Morgan fingerprint density at radius 1 is 1.33 bits per heavy atom. The Bertz CT molecular complexity index is 462. The number of urea groups is 1. The molecule has 6 heteroatoms. The van der Waals surface area contributed by atoms with Crippen LogP contribution in [0.4, 0.5) is 10.5 Å². The summed E-state index contributed by atoms with van der Waals surface area (Å²) >= 11 is 6.79. The van der Waals surface area contributed by atoms with Crippen LogP contribution in [0.3, 0.4) is 0 Å². The van der Waals surface area contributed by atoms with E-state index in [4.69, 9.17) is 4.74 Å². The van der Waals surface area contributed by atoms with Crippen molar-refractivity contribution in [1.82, 2.24) is 5.32 Å². The predicted octanol–water partition coefficient (Wildman–Crippen LogP) is 3.89. The lowest BCUT2D eigenvalue weighted by molar-refractivity contribution is 0.240. The van der Waals surface area contributed by atoms with Gasteiger partial charge in [0.15, 0.2) is 0 Å². The van der Waals surface area contributed by atoms with Crippen LogP contribution in [0.15, 0.2) is 21.1 Å². The summed E-state index contributed by atoms with van der Waals surface area (Å²) < 4.78 is 6.84. The normalized spacial score (nSPS) is 14.8. The number of benzene rings is 1. The Morgan fingerprint density at radius 3 is 2.61 bits per heavy atom. The average Bonchev–Trinajstić information content (AvgIpc) is 2.27. The van der Waals surface area contributed by atoms with E-state index >= 15 is 0 Å². The summed E-state index contributed by atoms with van der Waals surface area (Å²) in [6.45, 7) is 0. The third kappa shape index (κ3) is 3.17. The lowest BCUT2D eigenvalue weighted by Gasteiger charge is -2.26. The van der Waals surface area contributed by atoms with Crippen LogP contribution >= 0.6 is 31.9 Å². The number of nitrogens with one attached hydrogen (secondary N) is 2. The van der Waals surface area contributed by atoms with Gasteiger partial charge in [-0.1, -0.05) is 0 Å². The van der Waals surface area contributed by atoms with Crippen molar-refractivity contribution in [2.75, 3.05) is 12.4 Å². The maximum Gasteiger partial charge on any atom is 0.319 e. The average molecular weight is 378 g/mol. The highest BCUT2D eigenvalue weighted by Gasteiger charge is 2.19. The van der Waals surface area contributed by atoms with E-state index in [1.54, 1.807) is 13.2 Å². The molecule has 0 bridgehead atoms. The molecule has 18 heavy (non-hydrogen) atoms. The van der Waals surface area contributed by atoms with Crippen LogP contribution in [0.25, 0.3) is 0 Å². The van der Waals surface area contributed by atoms with E-state index < -0.39 is 0 Å². The summed E-state index contributed by atoms with van der Waals surface area (Å²) in [6.07, 6.45) is 3.33. The number of methoxy groups -OCH3 is 1. The maximum atomic E-state index is 11.8. The van der Waals surface area contributed by atoms with Crippen LogP contribution < -0.4 is 15.4 Å². The largest absolute Gasteiger partial charge is 0.495 e. The fourth-order valence-corrected chi connectivity index (χ4v) is 2.93. The highest BCUT2D eigenvalue weighted by Crippen LogP contribution is 2.34. The zero-order valence-corrected chi connectivity index (χ0v) is 13.1. The van der Waals surface area contributed by atoms with Gasteiger partial charge in [0.05, 0.1) is 17.3 Å². The first-order chi connectivity index (χ1) is 8.60. The van der Waals surface area contributed by atoms with Crippen LogP contribution in [-0.2, 0) is 0 Å². The van der Waals surface area contributed by atoms with E-state index in [-0.39, 0.29) is 6.03 Å². The number of rotatable bonds is 3.